The Hall–Kier alpha value is -0.120. The Morgan fingerprint density at radius 2 is 2.00 bits per heavy atom. The third kappa shape index (κ3) is 2.21. The maximum absolute atomic E-state index is 6.17. The zero-order valence-electron chi connectivity index (χ0n) is 11.7. The molecular formula is C15H28N2O. The van der Waals surface area contributed by atoms with Crippen LogP contribution in [0.3, 0.4) is 0 Å². The van der Waals surface area contributed by atoms with Gasteiger partial charge in [-0.3, -0.25) is 4.90 Å². The van der Waals surface area contributed by atoms with Crippen LogP contribution in [0.15, 0.2) is 0 Å². The van der Waals surface area contributed by atoms with Crippen molar-refractivity contribution in [3.63, 3.8) is 0 Å². The van der Waals surface area contributed by atoms with Gasteiger partial charge in [0.2, 0.25) is 0 Å². The summed E-state index contributed by atoms with van der Waals surface area (Å²) in [6.07, 6.45) is 9.97. The Morgan fingerprint density at radius 3 is 2.67 bits per heavy atom. The monoisotopic (exact) mass is 252 g/mol. The van der Waals surface area contributed by atoms with Crippen LogP contribution in [0.4, 0.5) is 0 Å². The second-order valence-electron chi connectivity index (χ2n) is 6.80. The number of rotatable bonds is 4. The van der Waals surface area contributed by atoms with E-state index >= 15 is 0 Å². The number of morpholine rings is 1. The van der Waals surface area contributed by atoms with Crippen molar-refractivity contribution in [2.75, 3.05) is 19.7 Å². The van der Waals surface area contributed by atoms with E-state index in [1.54, 1.807) is 0 Å². The lowest BCUT2D eigenvalue weighted by molar-refractivity contribution is -0.100. The molecule has 3 unspecified atom stereocenters. The SMILES string of the molecule is CC(CN)(CC1CCC1)N1CCOC2CCCC21. The van der Waals surface area contributed by atoms with E-state index in [-0.39, 0.29) is 5.54 Å². The average molecular weight is 252 g/mol. The highest BCUT2D eigenvalue weighted by atomic mass is 16.5. The molecule has 0 aromatic carbocycles. The van der Waals surface area contributed by atoms with Crippen molar-refractivity contribution >= 4 is 0 Å². The molecule has 2 saturated carbocycles. The summed E-state index contributed by atoms with van der Waals surface area (Å²) in [5.41, 5.74) is 6.38. The zero-order valence-corrected chi connectivity index (χ0v) is 11.7. The minimum atomic E-state index is 0.210. The van der Waals surface area contributed by atoms with Crippen LogP contribution in [-0.4, -0.2) is 42.3 Å². The molecule has 2 aliphatic carbocycles. The largest absolute Gasteiger partial charge is 0.375 e. The number of nitrogens with zero attached hydrogens (tertiary/aromatic N) is 1. The van der Waals surface area contributed by atoms with Gasteiger partial charge in [0, 0.05) is 24.7 Å². The summed E-state index contributed by atoms with van der Waals surface area (Å²) >= 11 is 0. The second-order valence-corrected chi connectivity index (χ2v) is 6.80. The van der Waals surface area contributed by atoms with Crippen LogP contribution in [-0.2, 0) is 4.74 Å². The Morgan fingerprint density at radius 1 is 1.22 bits per heavy atom. The zero-order chi connectivity index (χ0) is 12.6. The molecule has 1 aliphatic heterocycles. The second kappa shape index (κ2) is 5.10. The van der Waals surface area contributed by atoms with Crippen molar-refractivity contribution in [3.8, 4) is 0 Å². The highest BCUT2D eigenvalue weighted by molar-refractivity contribution is 5.00. The van der Waals surface area contributed by atoms with Gasteiger partial charge in [-0.25, -0.2) is 0 Å². The van der Waals surface area contributed by atoms with Gasteiger partial charge in [-0.2, -0.15) is 0 Å². The normalized spacial score (nSPS) is 37.0. The molecule has 3 heteroatoms. The molecule has 3 aliphatic rings. The number of fused-ring (bicyclic) bond motifs is 1. The summed E-state index contributed by atoms with van der Waals surface area (Å²) in [5, 5.41) is 0. The van der Waals surface area contributed by atoms with Crippen molar-refractivity contribution in [3.05, 3.63) is 0 Å². The predicted octanol–water partition coefficient (Wildman–Crippen LogP) is 2.15. The van der Waals surface area contributed by atoms with Gasteiger partial charge in [0.05, 0.1) is 12.7 Å². The van der Waals surface area contributed by atoms with E-state index in [4.69, 9.17) is 10.5 Å². The van der Waals surface area contributed by atoms with Crippen molar-refractivity contribution < 1.29 is 4.74 Å². The summed E-state index contributed by atoms with van der Waals surface area (Å²) < 4.78 is 5.93. The summed E-state index contributed by atoms with van der Waals surface area (Å²) in [7, 11) is 0. The van der Waals surface area contributed by atoms with Gasteiger partial charge in [0.1, 0.15) is 0 Å². The van der Waals surface area contributed by atoms with Crippen molar-refractivity contribution in [1.82, 2.24) is 4.90 Å². The summed E-state index contributed by atoms with van der Waals surface area (Å²) in [4.78, 5) is 2.71. The quantitative estimate of drug-likeness (QED) is 0.833. The van der Waals surface area contributed by atoms with Gasteiger partial charge in [-0.15, -0.1) is 0 Å². The lowest BCUT2D eigenvalue weighted by atomic mass is 9.75. The van der Waals surface area contributed by atoms with Crippen LogP contribution in [0.5, 0.6) is 0 Å². The third-order valence-electron chi connectivity index (χ3n) is 5.57. The van der Waals surface area contributed by atoms with E-state index in [1.165, 1.54) is 44.9 Å². The van der Waals surface area contributed by atoms with E-state index in [1.807, 2.05) is 0 Å². The molecule has 0 bridgehead atoms. The summed E-state index contributed by atoms with van der Waals surface area (Å²) in [5.74, 6) is 0.932. The number of nitrogens with two attached hydrogens (primary N) is 1. The van der Waals surface area contributed by atoms with Gasteiger partial charge in [0.15, 0.2) is 0 Å². The molecule has 0 aromatic heterocycles. The fourth-order valence-corrected chi connectivity index (χ4v) is 4.23. The van der Waals surface area contributed by atoms with Crippen LogP contribution >= 0.6 is 0 Å². The number of hydrogen-bond donors (Lipinski definition) is 1. The molecule has 1 saturated heterocycles. The Kier molecular flexibility index (Phi) is 3.65. The van der Waals surface area contributed by atoms with Crippen molar-refractivity contribution in [2.45, 2.75) is 69.6 Å². The fourth-order valence-electron chi connectivity index (χ4n) is 4.23. The topological polar surface area (TPSA) is 38.5 Å². The molecule has 2 N–H and O–H groups in total. The smallest absolute Gasteiger partial charge is 0.0731 e. The van der Waals surface area contributed by atoms with Crippen LogP contribution in [0.1, 0.15) is 51.9 Å². The predicted molar refractivity (Wildman–Crippen MR) is 73.5 cm³/mol. The first kappa shape index (κ1) is 12.9. The number of ether oxygens (including phenoxy) is 1. The molecule has 3 rings (SSSR count). The highest BCUT2D eigenvalue weighted by Gasteiger charge is 2.44. The Bertz CT molecular complexity index is 292. The maximum atomic E-state index is 6.17. The van der Waals surface area contributed by atoms with Crippen molar-refractivity contribution in [2.24, 2.45) is 11.7 Å². The van der Waals surface area contributed by atoms with Crippen LogP contribution in [0.2, 0.25) is 0 Å². The number of hydrogen-bond acceptors (Lipinski definition) is 3. The molecule has 3 atom stereocenters. The van der Waals surface area contributed by atoms with E-state index in [0.717, 1.165) is 25.6 Å². The van der Waals surface area contributed by atoms with Crippen LogP contribution in [0.25, 0.3) is 0 Å². The van der Waals surface area contributed by atoms with Gasteiger partial charge in [0.25, 0.3) is 0 Å². The lowest BCUT2D eigenvalue weighted by Gasteiger charge is -2.50. The van der Waals surface area contributed by atoms with Gasteiger partial charge in [-0.1, -0.05) is 19.3 Å². The molecule has 0 radical (unpaired) electrons. The van der Waals surface area contributed by atoms with E-state index in [9.17, 15) is 0 Å². The van der Waals surface area contributed by atoms with E-state index < -0.39 is 0 Å². The molecule has 1 heterocycles. The molecule has 18 heavy (non-hydrogen) atoms. The molecule has 3 fully saturated rings. The average Bonchev–Trinajstić information content (AvgIpc) is 2.81. The fraction of sp³-hybridized carbons (Fsp3) is 1.00. The molecule has 0 spiro atoms. The van der Waals surface area contributed by atoms with Gasteiger partial charge < -0.3 is 10.5 Å². The molecule has 0 aromatic rings. The van der Waals surface area contributed by atoms with E-state index in [2.05, 4.69) is 11.8 Å². The molecule has 104 valence electrons. The van der Waals surface area contributed by atoms with Gasteiger partial charge >= 0.3 is 0 Å². The van der Waals surface area contributed by atoms with Crippen molar-refractivity contribution in [1.29, 1.82) is 0 Å². The first-order valence-corrected chi connectivity index (χ1v) is 7.81. The van der Waals surface area contributed by atoms with Crippen LogP contribution < -0.4 is 5.73 Å². The first-order valence-electron chi connectivity index (χ1n) is 7.81. The highest BCUT2D eigenvalue weighted by Crippen LogP contribution is 2.40. The maximum Gasteiger partial charge on any atom is 0.0731 e. The Labute approximate surface area is 111 Å². The lowest BCUT2D eigenvalue weighted by Crippen LogP contribution is -2.62. The molecular weight excluding hydrogens is 224 g/mol. The summed E-state index contributed by atoms with van der Waals surface area (Å²) in [6, 6.07) is 0.646. The Balaban J connectivity index is 1.72. The van der Waals surface area contributed by atoms with Crippen LogP contribution in [0, 0.1) is 5.92 Å². The third-order valence-corrected chi connectivity index (χ3v) is 5.57. The standard InChI is InChI=1S/C15H28N2O/c1-15(11-16,10-12-4-2-5-12)17-8-9-18-14-7-3-6-13(14)17/h12-14H,2-11,16H2,1H3. The molecule has 0 amide bonds. The summed E-state index contributed by atoms with van der Waals surface area (Å²) in [6.45, 7) is 5.18. The molecule has 3 nitrogen and oxygen atoms in total. The minimum Gasteiger partial charge on any atom is -0.375 e. The first-order chi connectivity index (χ1) is 8.73. The minimum absolute atomic E-state index is 0.210. The van der Waals surface area contributed by atoms with Gasteiger partial charge in [-0.05, 0) is 38.5 Å². The van der Waals surface area contributed by atoms with E-state index in [0.29, 0.717) is 12.1 Å².